The van der Waals surface area contributed by atoms with Gasteiger partial charge in [-0.25, -0.2) is 14.4 Å². The second-order valence-corrected chi connectivity index (χ2v) is 7.96. The first kappa shape index (κ1) is 21.5. The highest BCUT2D eigenvalue weighted by molar-refractivity contribution is 5.81. The number of carbonyl (C=O) groups excluding carboxylic acids is 1. The van der Waals surface area contributed by atoms with E-state index in [1.165, 1.54) is 16.8 Å². The molecule has 1 aliphatic rings. The molecular weight excluding hydrogens is 411 g/mol. The van der Waals surface area contributed by atoms with E-state index >= 15 is 0 Å². The molecule has 1 amide bonds. The molecule has 2 aromatic heterocycles. The van der Waals surface area contributed by atoms with Gasteiger partial charge in [0.15, 0.2) is 0 Å². The summed E-state index contributed by atoms with van der Waals surface area (Å²) in [7, 11) is 0. The molecule has 1 unspecified atom stereocenters. The zero-order valence-corrected chi connectivity index (χ0v) is 18.0. The van der Waals surface area contributed by atoms with Crippen molar-refractivity contribution < 1.29 is 9.18 Å². The Kier molecular flexibility index (Phi) is 5.89. The molecule has 4 rings (SSSR count). The van der Waals surface area contributed by atoms with Gasteiger partial charge in [0.1, 0.15) is 29.2 Å². The number of carbonyl (C=O) groups is 1. The van der Waals surface area contributed by atoms with E-state index in [0.717, 1.165) is 16.8 Å². The van der Waals surface area contributed by atoms with Gasteiger partial charge in [-0.15, -0.1) is 0 Å². The molecule has 4 N–H and O–H groups in total. The maximum atomic E-state index is 14.0. The van der Waals surface area contributed by atoms with E-state index in [2.05, 4.69) is 20.6 Å². The number of halogens is 1. The third kappa shape index (κ3) is 4.32. The summed E-state index contributed by atoms with van der Waals surface area (Å²) in [5.41, 5.74) is 8.54. The molecular formula is C23H25FN6O2. The zero-order chi connectivity index (χ0) is 22.8. The molecule has 9 heteroatoms. The second kappa shape index (κ2) is 8.78. The predicted molar refractivity (Wildman–Crippen MR) is 120 cm³/mol. The average molecular weight is 436 g/mol. The van der Waals surface area contributed by atoms with Crippen LogP contribution in [0.5, 0.6) is 0 Å². The molecule has 0 aliphatic carbocycles. The molecule has 32 heavy (non-hydrogen) atoms. The summed E-state index contributed by atoms with van der Waals surface area (Å²) in [6, 6.07) is 7.67. The van der Waals surface area contributed by atoms with Crippen molar-refractivity contribution in [1.82, 2.24) is 19.9 Å². The van der Waals surface area contributed by atoms with Crippen molar-refractivity contribution in [3.05, 3.63) is 80.9 Å². The maximum absolute atomic E-state index is 14.0. The Morgan fingerprint density at radius 3 is 2.81 bits per heavy atom. The van der Waals surface area contributed by atoms with Crippen molar-refractivity contribution in [2.24, 2.45) is 0 Å². The SMILES string of the molecule is Cc1ccc(F)c(CNc2cnc3n(c2=O)C(C(=O)NCc2ccc(N)nc2C)CC3)c1. The molecule has 0 saturated heterocycles. The topological polar surface area (TPSA) is 115 Å². The molecule has 1 atom stereocenters. The van der Waals surface area contributed by atoms with Crippen molar-refractivity contribution in [1.29, 1.82) is 0 Å². The van der Waals surface area contributed by atoms with E-state index in [-0.39, 0.29) is 36.1 Å². The van der Waals surface area contributed by atoms with Gasteiger partial charge in [0, 0.05) is 30.8 Å². The van der Waals surface area contributed by atoms with Gasteiger partial charge in [-0.3, -0.25) is 14.2 Å². The fourth-order valence-corrected chi connectivity index (χ4v) is 3.90. The monoisotopic (exact) mass is 436 g/mol. The number of aryl methyl sites for hydroxylation is 3. The standard InChI is InChI=1S/C23H25FN6O2/c1-13-3-5-17(24)16(9-13)11-26-18-12-27-21-8-6-19(30(21)23(18)32)22(31)28-10-15-4-7-20(25)29-14(15)2/h3-5,7,9,12,19,26H,6,8,10-11H2,1-2H3,(H2,25,29)(H,28,31). The van der Waals surface area contributed by atoms with E-state index in [1.807, 2.05) is 19.9 Å². The number of benzene rings is 1. The summed E-state index contributed by atoms with van der Waals surface area (Å²) in [5, 5.41) is 5.85. The lowest BCUT2D eigenvalue weighted by atomic mass is 10.1. The Hall–Kier alpha value is -3.75. The summed E-state index contributed by atoms with van der Waals surface area (Å²) in [6.45, 7) is 4.13. The summed E-state index contributed by atoms with van der Waals surface area (Å²) in [6.07, 6.45) is 2.47. The minimum Gasteiger partial charge on any atom is -0.384 e. The number of rotatable bonds is 6. The van der Waals surface area contributed by atoms with Crippen LogP contribution in [0.3, 0.4) is 0 Å². The maximum Gasteiger partial charge on any atom is 0.277 e. The van der Waals surface area contributed by atoms with Crippen molar-refractivity contribution in [2.45, 2.75) is 45.8 Å². The van der Waals surface area contributed by atoms with E-state index < -0.39 is 6.04 Å². The van der Waals surface area contributed by atoms with Gasteiger partial charge in [-0.2, -0.15) is 0 Å². The average Bonchev–Trinajstić information content (AvgIpc) is 3.20. The molecule has 0 spiro atoms. The lowest BCUT2D eigenvalue weighted by Crippen LogP contribution is -2.36. The highest BCUT2D eigenvalue weighted by Gasteiger charge is 2.31. The summed E-state index contributed by atoms with van der Waals surface area (Å²) in [5.74, 6) is 0.381. The molecule has 0 bridgehead atoms. The lowest BCUT2D eigenvalue weighted by molar-refractivity contribution is -0.124. The molecule has 3 heterocycles. The van der Waals surface area contributed by atoms with E-state index in [4.69, 9.17) is 5.73 Å². The van der Waals surface area contributed by atoms with Crippen molar-refractivity contribution in [2.75, 3.05) is 11.1 Å². The molecule has 0 fully saturated rings. The number of nitrogens with two attached hydrogens (primary N) is 1. The molecule has 8 nitrogen and oxygen atoms in total. The van der Waals surface area contributed by atoms with Crippen LogP contribution in [0.2, 0.25) is 0 Å². The zero-order valence-electron chi connectivity index (χ0n) is 18.0. The number of nitrogens with zero attached hydrogens (tertiary/aromatic N) is 3. The number of amides is 1. The van der Waals surface area contributed by atoms with Gasteiger partial charge >= 0.3 is 0 Å². The number of pyridine rings is 1. The molecule has 0 radical (unpaired) electrons. The normalized spacial score (nSPS) is 14.8. The van der Waals surface area contributed by atoms with Crippen LogP contribution in [-0.4, -0.2) is 20.4 Å². The van der Waals surface area contributed by atoms with Crippen molar-refractivity contribution in [3.63, 3.8) is 0 Å². The highest BCUT2D eigenvalue weighted by Crippen LogP contribution is 2.23. The quantitative estimate of drug-likeness (QED) is 0.547. The fraction of sp³-hybridized carbons (Fsp3) is 0.304. The predicted octanol–water partition coefficient (Wildman–Crippen LogP) is 2.39. The van der Waals surface area contributed by atoms with Gasteiger partial charge in [-0.1, -0.05) is 23.8 Å². The molecule has 1 aromatic carbocycles. The van der Waals surface area contributed by atoms with Crippen LogP contribution in [0.25, 0.3) is 0 Å². The Labute approximate surface area is 184 Å². The van der Waals surface area contributed by atoms with E-state index in [9.17, 15) is 14.0 Å². The minimum atomic E-state index is -0.649. The molecule has 0 saturated carbocycles. The highest BCUT2D eigenvalue weighted by atomic mass is 19.1. The number of hydrogen-bond acceptors (Lipinski definition) is 6. The first-order valence-electron chi connectivity index (χ1n) is 10.4. The van der Waals surface area contributed by atoms with Crippen molar-refractivity contribution >= 4 is 17.4 Å². The Morgan fingerprint density at radius 1 is 1.22 bits per heavy atom. The number of hydrogen-bond donors (Lipinski definition) is 3. The second-order valence-electron chi connectivity index (χ2n) is 7.96. The van der Waals surface area contributed by atoms with E-state index in [1.54, 1.807) is 18.2 Å². The minimum absolute atomic E-state index is 0.143. The number of nitrogens with one attached hydrogen (secondary N) is 2. The first-order valence-corrected chi connectivity index (χ1v) is 10.4. The van der Waals surface area contributed by atoms with Crippen LogP contribution < -0.4 is 21.9 Å². The number of anilines is 2. The smallest absolute Gasteiger partial charge is 0.277 e. The van der Waals surface area contributed by atoms with Gasteiger partial charge in [0.25, 0.3) is 5.56 Å². The van der Waals surface area contributed by atoms with E-state index in [0.29, 0.717) is 30.0 Å². The van der Waals surface area contributed by atoms with Crippen LogP contribution in [0.15, 0.2) is 41.3 Å². The van der Waals surface area contributed by atoms with Crippen molar-refractivity contribution in [3.8, 4) is 0 Å². The summed E-state index contributed by atoms with van der Waals surface area (Å²) in [4.78, 5) is 34.5. The Bertz CT molecular complexity index is 1240. The van der Waals surface area contributed by atoms with Crippen LogP contribution in [-0.2, 0) is 24.3 Å². The number of nitrogen functional groups attached to an aromatic ring is 1. The third-order valence-corrected chi connectivity index (χ3v) is 5.67. The summed E-state index contributed by atoms with van der Waals surface area (Å²) >= 11 is 0. The van der Waals surface area contributed by atoms with Gasteiger partial charge < -0.3 is 16.4 Å². The Morgan fingerprint density at radius 2 is 2.03 bits per heavy atom. The number of fused-ring (bicyclic) bond motifs is 1. The van der Waals surface area contributed by atoms with Gasteiger partial charge in [0.2, 0.25) is 5.91 Å². The van der Waals surface area contributed by atoms with Crippen LogP contribution in [0.4, 0.5) is 15.9 Å². The molecule has 166 valence electrons. The first-order chi connectivity index (χ1) is 15.3. The largest absolute Gasteiger partial charge is 0.384 e. The fourth-order valence-electron chi connectivity index (χ4n) is 3.90. The van der Waals surface area contributed by atoms with Crippen LogP contribution in [0, 0.1) is 19.7 Å². The lowest BCUT2D eigenvalue weighted by Gasteiger charge is -2.16. The Balaban J connectivity index is 1.49. The van der Waals surface area contributed by atoms with Crippen LogP contribution >= 0.6 is 0 Å². The molecule has 3 aromatic rings. The third-order valence-electron chi connectivity index (χ3n) is 5.67. The molecule has 1 aliphatic heterocycles. The summed E-state index contributed by atoms with van der Waals surface area (Å²) < 4.78 is 15.5. The van der Waals surface area contributed by atoms with Gasteiger partial charge in [0.05, 0.1) is 6.20 Å². The van der Waals surface area contributed by atoms with Crippen LogP contribution in [0.1, 0.15) is 40.7 Å². The number of aromatic nitrogens is 3. The van der Waals surface area contributed by atoms with Gasteiger partial charge in [-0.05, 0) is 38.0 Å².